The number of hydrogen-bond donors (Lipinski definition) is 2. The molecule has 0 fully saturated rings. The van der Waals surface area contributed by atoms with E-state index < -0.39 is 11.7 Å². The van der Waals surface area contributed by atoms with Crippen LogP contribution in [0.25, 0.3) is 5.65 Å². The number of carboxylic acid groups (broad SMARTS) is 1. The molecule has 0 aliphatic carbocycles. The summed E-state index contributed by atoms with van der Waals surface area (Å²) < 4.78 is 1.14. The van der Waals surface area contributed by atoms with Gasteiger partial charge in [-0.25, -0.2) is 19.1 Å². The number of nitrogens with one attached hydrogen (secondary N) is 1. The van der Waals surface area contributed by atoms with Gasteiger partial charge >= 0.3 is 11.7 Å². The lowest BCUT2D eigenvalue weighted by molar-refractivity contribution is 0.0698. The van der Waals surface area contributed by atoms with E-state index >= 15 is 0 Å². The van der Waals surface area contributed by atoms with Gasteiger partial charge in [-0.2, -0.15) is 5.10 Å². The van der Waals surface area contributed by atoms with Gasteiger partial charge in [-0.3, -0.25) is 0 Å². The van der Waals surface area contributed by atoms with E-state index in [4.69, 9.17) is 5.11 Å². The minimum absolute atomic E-state index is 0.000787. The first-order valence-electron chi connectivity index (χ1n) is 3.49. The molecule has 0 unspecified atom stereocenters. The summed E-state index contributed by atoms with van der Waals surface area (Å²) >= 11 is 0. The van der Waals surface area contributed by atoms with Crippen LogP contribution in [0.2, 0.25) is 0 Å². The Hall–Kier alpha value is -2.11. The maximum absolute atomic E-state index is 11.0. The van der Waals surface area contributed by atoms with E-state index in [0.717, 1.165) is 4.40 Å². The quantitative estimate of drug-likeness (QED) is 0.630. The first-order valence-corrected chi connectivity index (χ1v) is 3.49. The Labute approximate surface area is 71.4 Å². The maximum atomic E-state index is 11.0. The summed E-state index contributed by atoms with van der Waals surface area (Å²) in [5, 5.41) is 14.5. The van der Waals surface area contributed by atoms with Crippen molar-refractivity contribution in [1.29, 1.82) is 0 Å². The van der Waals surface area contributed by atoms with Crippen LogP contribution in [-0.4, -0.2) is 25.7 Å². The molecule has 2 aromatic heterocycles. The molecule has 0 atom stereocenters. The van der Waals surface area contributed by atoms with Crippen molar-refractivity contribution < 1.29 is 9.90 Å². The highest BCUT2D eigenvalue weighted by Gasteiger charge is 2.10. The number of aromatic carboxylic acids is 1. The lowest BCUT2D eigenvalue weighted by Gasteiger charge is -1.94. The van der Waals surface area contributed by atoms with Crippen LogP contribution in [0.1, 0.15) is 10.4 Å². The standard InChI is InChI=1S/C7H5N3O3/c11-6(12)4-2-1-3-10-5(4)8-9-7(10)13/h1-3H,(H,9,13)(H,11,12). The topological polar surface area (TPSA) is 87.5 Å². The molecular formula is C7H5N3O3. The Bertz CT molecular complexity index is 525. The van der Waals surface area contributed by atoms with Crippen LogP contribution in [0.15, 0.2) is 23.1 Å². The number of fused-ring (bicyclic) bond motifs is 1. The van der Waals surface area contributed by atoms with Gasteiger partial charge in [-0.05, 0) is 12.1 Å². The van der Waals surface area contributed by atoms with E-state index in [1.807, 2.05) is 0 Å². The van der Waals surface area contributed by atoms with Gasteiger partial charge in [0, 0.05) is 6.20 Å². The van der Waals surface area contributed by atoms with Crippen molar-refractivity contribution in [2.45, 2.75) is 0 Å². The molecule has 2 N–H and O–H groups in total. The van der Waals surface area contributed by atoms with Crippen molar-refractivity contribution in [2.75, 3.05) is 0 Å². The van der Waals surface area contributed by atoms with Crippen molar-refractivity contribution in [3.63, 3.8) is 0 Å². The van der Waals surface area contributed by atoms with Gasteiger partial charge in [-0.1, -0.05) is 0 Å². The molecule has 2 aromatic rings. The molecule has 6 heteroatoms. The minimum atomic E-state index is -1.11. The molecule has 0 saturated heterocycles. The Kier molecular flexibility index (Phi) is 1.42. The van der Waals surface area contributed by atoms with Gasteiger partial charge in [-0.15, -0.1) is 0 Å². The van der Waals surface area contributed by atoms with Crippen molar-refractivity contribution in [1.82, 2.24) is 14.6 Å². The predicted molar refractivity (Wildman–Crippen MR) is 42.8 cm³/mol. The van der Waals surface area contributed by atoms with E-state index in [1.54, 1.807) is 0 Å². The molecule has 2 rings (SSSR count). The molecule has 0 amide bonds. The Morgan fingerprint density at radius 2 is 2.38 bits per heavy atom. The SMILES string of the molecule is O=C(O)c1cccn2c(=O)[nH]nc12. The second-order valence-corrected chi connectivity index (χ2v) is 2.45. The third-order valence-corrected chi connectivity index (χ3v) is 1.67. The molecule has 13 heavy (non-hydrogen) atoms. The van der Waals surface area contributed by atoms with Gasteiger partial charge in [0.25, 0.3) is 0 Å². The summed E-state index contributed by atoms with van der Waals surface area (Å²) in [6.07, 6.45) is 1.45. The molecule has 6 nitrogen and oxygen atoms in total. The molecule has 66 valence electrons. The number of carboxylic acids is 1. The number of rotatable bonds is 1. The van der Waals surface area contributed by atoms with E-state index in [9.17, 15) is 9.59 Å². The van der Waals surface area contributed by atoms with Crippen molar-refractivity contribution >= 4 is 11.6 Å². The lowest BCUT2D eigenvalue weighted by atomic mass is 10.3. The molecule has 0 aliphatic heterocycles. The third-order valence-electron chi connectivity index (χ3n) is 1.67. The molecule has 0 saturated carbocycles. The molecule has 2 heterocycles. The highest BCUT2D eigenvalue weighted by Crippen LogP contribution is 2.04. The van der Waals surface area contributed by atoms with Gasteiger partial charge in [0.05, 0.1) is 0 Å². The maximum Gasteiger partial charge on any atom is 0.347 e. The van der Waals surface area contributed by atoms with Crippen molar-refractivity contribution in [3.8, 4) is 0 Å². The molecule has 0 aliphatic rings. The van der Waals surface area contributed by atoms with E-state index in [2.05, 4.69) is 10.2 Å². The van der Waals surface area contributed by atoms with E-state index in [1.165, 1.54) is 18.3 Å². The van der Waals surface area contributed by atoms with Crippen LogP contribution in [0, 0.1) is 0 Å². The molecule has 0 aromatic carbocycles. The smallest absolute Gasteiger partial charge is 0.347 e. The Balaban J connectivity index is 2.92. The number of carbonyl (C=O) groups is 1. The first kappa shape index (κ1) is 7.53. The zero-order valence-corrected chi connectivity index (χ0v) is 6.39. The fourth-order valence-corrected chi connectivity index (χ4v) is 1.10. The number of aromatic amines is 1. The summed E-state index contributed by atoms with van der Waals surface area (Å²) in [5.74, 6) is -1.11. The summed E-state index contributed by atoms with van der Waals surface area (Å²) in [5.41, 5.74) is -0.320. The second-order valence-electron chi connectivity index (χ2n) is 2.45. The van der Waals surface area contributed by atoms with Gasteiger partial charge in [0.15, 0.2) is 5.65 Å². The minimum Gasteiger partial charge on any atom is -0.478 e. The average Bonchev–Trinajstić information content (AvgIpc) is 2.48. The Morgan fingerprint density at radius 1 is 1.62 bits per heavy atom. The second kappa shape index (κ2) is 2.44. The fraction of sp³-hybridized carbons (Fsp3) is 0. The first-order chi connectivity index (χ1) is 6.20. The van der Waals surface area contributed by atoms with E-state index in [-0.39, 0.29) is 11.2 Å². The van der Waals surface area contributed by atoms with Crippen LogP contribution in [0.5, 0.6) is 0 Å². The number of nitrogens with zero attached hydrogens (tertiary/aromatic N) is 2. The highest BCUT2D eigenvalue weighted by atomic mass is 16.4. The van der Waals surface area contributed by atoms with Crippen LogP contribution in [0.4, 0.5) is 0 Å². The average molecular weight is 179 g/mol. The number of aromatic nitrogens is 3. The molecule has 0 radical (unpaired) electrons. The summed E-state index contributed by atoms with van der Waals surface area (Å²) in [6, 6.07) is 2.87. The van der Waals surface area contributed by atoms with Gasteiger partial charge < -0.3 is 5.11 Å². The number of H-pyrrole nitrogens is 1. The van der Waals surface area contributed by atoms with Gasteiger partial charge in [0.1, 0.15) is 5.56 Å². The molecular weight excluding hydrogens is 174 g/mol. The number of hydrogen-bond acceptors (Lipinski definition) is 3. The van der Waals surface area contributed by atoms with Gasteiger partial charge in [0.2, 0.25) is 0 Å². The molecule has 0 spiro atoms. The van der Waals surface area contributed by atoms with Crippen LogP contribution in [0.3, 0.4) is 0 Å². The zero-order chi connectivity index (χ0) is 9.42. The summed E-state index contributed by atoms with van der Waals surface area (Å²) in [4.78, 5) is 21.7. The predicted octanol–water partition coefficient (Wildman–Crippen LogP) is -0.279. The molecule has 0 bridgehead atoms. The normalized spacial score (nSPS) is 10.5. The summed E-state index contributed by atoms with van der Waals surface area (Å²) in [7, 11) is 0. The van der Waals surface area contributed by atoms with Crippen LogP contribution >= 0.6 is 0 Å². The van der Waals surface area contributed by atoms with Crippen molar-refractivity contribution in [3.05, 3.63) is 34.4 Å². The van der Waals surface area contributed by atoms with Crippen LogP contribution < -0.4 is 5.69 Å². The highest BCUT2D eigenvalue weighted by molar-refractivity contribution is 5.94. The monoisotopic (exact) mass is 179 g/mol. The largest absolute Gasteiger partial charge is 0.478 e. The third kappa shape index (κ3) is 0.994. The fourth-order valence-electron chi connectivity index (χ4n) is 1.10. The van der Waals surface area contributed by atoms with E-state index in [0.29, 0.717) is 0 Å². The number of pyridine rings is 1. The Morgan fingerprint density at radius 3 is 3.08 bits per heavy atom. The lowest BCUT2D eigenvalue weighted by Crippen LogP contribution is -2.10. The van der Waals surface area contributed by atoms with Crippen LogP contribution in [-0.2, 0) is 0 Å². The summed E-state index contributed by atoms with van der Waals surface area (Å²) in [6.45, 7) is 0. The van der Waals surface area contributed by atoms with Crippen molar-refractivity contribution in [2.24, 2.45) is 0 Å². The zero-order valence-electron chi connectivity index (χ0n) is 6.39.